The fourth-order valence-corrected chi connectivity index (χ4v) is 2.27. The van der Waals surface area contributed by atoms with Crippen molar-refractivity contribution in [1.82, 2.24) is 0 Å². The van der Waals surface area contributed by atoms with Gasteiger partial charge in [0.1, 0.15) is 0 Å². The van der Waals surface area contributed by atoms with Crippen LogP contribution < -0.4 is 5.73 Å². The Morgan fingerprint density at radius 1 is 1.33 bits per heavy atom. The molecule has 2 atom stereocenters. The number of ether oxygens (including phenoxy) is 2. The summed E-state index contributed by atoms with van der Waals surface area (Å²) in [5.41, 5.74) is 6.83. The second-order valence-electron chi connectivity index (χ2n) is 4.60. The van der Waals surface area contributed by atoms with E-state index in [1.165, 1.54) is 6.42 Å². The molecule has 1 aromatic carbocycles. The van der Waals surface area contributed by atoms with Gasteiger partial charge in [-0.3, -0.25) is 0 Å². The summed E-state index contributed by atoms with van der Waals surface area (Å²) in [5, 5.41) is 0.727. The molecule has 1 heterocycles. The molecule has 1 saturated heterocycles. The molecule has 100 valence electrons. The van der Waals surface area contributed by atoms with Gasteiger partial charge >= 0.3 is 0 Å². The van der Waals surface area contributed by atoms with Gasteiger partial charge in [0.25, 0.3) is 0 Å². The summed E-state index contributed by atoms with van der Waals surface area (Å²) in [4.78, 5) is 0. The molecular weight excluding hydrogens is 250 g/mol. The monoisotopic (exact) mass is 269 g/mol. The zero-order valence-corrected chi connectivity index (χ0v) is 11.2. The van der Waals surface area contributed by atoms with Gasteiger partial charge in [-0.15, -0.1) is 0 Å². The Labute approximate surface area is 113 Å². The number of hydrogen-bond acceptors (Lipinski definition) is 3. The summed E-state index contributed by atoms with van der Waals surface area (Å²) < 4.78 is 11.5. The highest BCUT2D eigenvalue weighted by atomic mass is 35.5. The molecule has 0 aromatic heterocycles. The van der Waals surface area contributed by atoms with E-state index in [9.17, 15) is 0 Å². The predicted molar refractivity (Wildman–Crippen MR) is 72.8 cm³/mol. The number of rotatable bonds is 5. The van der Waals surface area contributed by atoms with Crippen molar-refractivity contribution in [3.8, 4) is 0 Å². The third-order valence-corrected chi connectivity index (χ3v) is 3.47. The highest BCUT2D eigenvalue weighted by molar-refractivity contribution is 6.30. The zero-order valence-electron chi connectivity index (χ0n) is 10.5. The van der Waals surface area contributed by atoms with Crippen molar-refractivity contribution in [2.24, 2.45) is 5.73 Å². The molecule has 2 rings (SSSR count). The van der Waals surface area contributed by atoms with Crippen LogP contribution in [0.25, 0.3) is 0 Å². The van der Waals surface area contributed by atoms with Gasteiger partial charge in [0.05, 0.1) is 18.8 Å². The maximum absolute atomic E-state index is 5.87. The summed E-state index contributed by atoms with van der Waals surface area (Å²) in [6.45, 7) is 1.93. The first-order valence-electron chi connectivity index (χ1n) is 6.48. The van der Waals surface area contributed by atoms with Crippen molar-refractivity contribution in [3.05, 3.63) is 34.9 Å². The van der Waals surface area contributed by atoms with Crippen molar-refractivity contribution in [1.29, 1.82) is 0 Å². The van der Waals surface area contributed by atoms with Gasteiger partial charge < -0.3 is 15.2 Å². The van der Waals surface area contributed by atoms with Gasteiger partial charge in [-0.1, -0.05) is 23.7 Å². The van der Waals surface area contributed by atoms with Crippen LogP contribution >= 0.6 is 11.6 Å². The van der Waals surface area contributed by atoms with Crippen LogP contribution in [0.15, 0.2) is 24.3 Å². The van der Waals surface area contributed by atoms with E-state index in [2.05, 4.69) is 0 Å². The highest BCUT2D eigenvalue weighted by Gasteiger charge is 2.17. The second-order valence-corrected chi connectivity index (χ2v) is 5.03. The van der Waals surface area contributed by atoms with Crippen LogP contribution in [0.1, 0.15) is 30.9 Å². The van der Waals surface area contributed by atoms with E-state index in [4.69, 9.17) is 26.8 Å². The number of benzene rings is 1. The molecule has 0 aliphatic carbocycles. The minimum Gasteiger partial charge on any atom is -0.376 e. The smallest absolute Gasteiger partial charge is 0.0948 e. The van der Waals surface area contributed by atoms with Gasteiger partial charge in [0.2, 0.25) is 0 Å². The molecule has 2 N–H and O–H groups in total. The Balaban J connectivity index is 1.86. The number of hydrogen-bond donors (Lipinski definition) is 1. The molecule has 0 bridgehead atoms. The SMILES string of the molecule is NCC(OCC1CCCCO1)c1ccc(Cl)cc1. The standard InChI is InChI=1S/C14H20ClNO2/c15-12-6-4-11(5-7-12)14(9-16)18-10-13-3-1-2-8-17-13/h4-7,13-14H,1-3,8-10,16H2. The van der Waals surface area contributed by atoms with Crippen molar-refractivity contribution in [2.75, 3.05) is 19.8 Å². The van der Waals surface area contributed by atoms with Crippen LogP contribution in [-0.4, -0.2) is 25.9 Å². The maximum atomic E-state index is 5.87. The van der Waals surface area contributed by atoms with Crippen LogP contribution in [0.2, 0.25) is 5.02 Å². The van der Waals surface area contributed by atoms with Crippen molar-refractivity contribution in [2.45, 2.75) is 31.5 Å². The Morgan fingerprint density at radius 2 is 2.11 bits per heavy atom. The van der Waals surface area contributed by atoms with Crippen molar-refractivity contribution in [3.63, 3.8) is 0 Å². The summed E-state index contributed by atoms with van der Waals surface area (Å²) in [7, 11) is 0. The lowest BCUT2D eigenvalue weighted by molar-refractivity contribution is -0.0617. The Hall–Kier alpha value is -0.610. The second kappa shape index (κ2) is 7.10. The summed E-state index contributed by atoms with van der Waals surface area (Å²) in [6.07, 6.45) is 3.61. The molecule has 4 heteroatoms. The molecular formula is C14H20ClNO2. The summed E-state index contributed by atoms with van der Waals surface area (Å²) in [5.74, 6) is 0. The van der Waals surface area contributed by atoms with Gasteiger partial charge in [-0.05, 0) is 37.0 Å². The van der Waals surface area contributed by atoms with E-state index in [0.29, 0.717) is 13.2 Å². The quantitative estimate of drug-likeness (QED) is 0.894. The third-order valence-electron chi connectivity index (χ3n) is 3.21. The lowest BCUT2D eigenvalue weighted by Crippen LogP contribution is -2.27. The van der Waals surface area contributed by atoms with E-state index in [1.807, 2.05) is 24.3 Å². The molecule has 1 aliphatic heterocycles. The van der Waals surface area contributed by atoms with E-state index in [-0.39, 0.29) is 12.2 Å². The van der Waals surface area contributed by atoms with Crippen LogP contribution in [-0.2, 0) is 9.47 Å². The molecule has 0 amide bonds. The molecule has 1 aromatic rings. The summed E-state index contributed by atoms with van der Waals surface area (Å²) in [6, 6.07) is 7.64. The average molecular weight is 270 g/mol. The van der Waals surface area contributed by atoms with E-state index in [0.717, 1.165) is 30.0 Å². The molecule has 0 spiro atoms. The van der Waals surface area contributed by atoms with E-state index < -0.39 is 0 Å². The van der Waals surface area contributed by atoms with E-state index in [1.54, 1.807) is 0 Å². The largest absolute Gasteiger partial charge is 0.376 e. The lowest BCUT2D eigenvalue weighted by Gasteiger charge is -2.25. The number of halogens is 1. The Kier molecular flexibility index (Phi) is 5.45. The first-order chi connectivity index (χ1) is 8.79. The van der Waals surface area contributed by atoms with Crippen LogP contribution in [0.4, 0.5) is 0 Å². The molecule has 0 saturated carbocycles. The average Bonchev–Trinajstić information content (AvgIpc) is 2.42. The van der Waals surface area contributed by atoms with Gasteiger partial charge in [0.15, 0.2) is 0 Å². The summed E-state index contributed by atoms with van der Waals surface area (Å²) >= 11 is 5.87. The normalized spacial score (nSPS) is 21.8. The van der Waals surface area contributed by atoms with Crippen molar-refractivity contribution >= 4 is 11.6 Å². The van der Waals surface area contributed by atoms with Gasteiger partial charge in [-0.2, -0.15) is 0 Å². The third kappa shape index (κ3) is 3.95. The predicted octanol–water partition coefficient (Wildman–Crippen LogP) is 2.93. The topological polar surface area (TPSA) is 44.5 Å². The Morgan fingerprint density at radius 3 is 2.72 bits per heavy atom. The maximum Gasteiger partial charge on any atom is 0.0948 e. The minimum absolute atomic E-state index is 0.0761. The molecule has 18 heavy (non-hydrogen) atoms. The fourth-order valence-electron chi connectivity index (χ4n) is 2.14. The first-order valence-corrected chi connectivity index (χ1v) is 6.86. The lowest BCUT2D eigenvalue weighted by atomic mass is 10.1. The molecule has 3 nitrogen and oxygen atoms in total. The van der Waals surface area contributed by atoms with Crippen molar-refractivity contribution < 1.29 is 9.47 Å². The van der Waals surface area contributed by atoms with Gasteiger partial charge in [-0.25, -0.2) is 0 Å². The van der Waals surface area contributed by atoms with Crippen LogP contribution in [0.5, 0.6) is 0 Å². The minimum atomic E-state index is -0.0761. The van der Waals surface area contributed by atoms with Gasteiger partial charge in [0, 0.05) is 18.2 Å². The first kappa shape index (κ1) is 13.8. The molecule has 2 unspecified atom stereocenters. The fraction of sp³-hybridized carbons (Fsp3) is 0.571. The Bertz CT molecular complexity index is 349. The molecule has 1 fully saturated rings. The van der Waals surface area contributed by atoms with Crippen LogP contribution in [0.3, 0.4) is 0 Å². The molecule has 1 aliphatic rings. The van der Waals surface area contributed by atoms with E-state index >= 15 is 0 Å². The number of nitrogens with two attached hydrogens (primary N) is 1. The zero-order chi connectivity index (χ0) is 12.8. The highest BCUT2D eigenvalue weighted by Crippen LogP contribution is 2.21. The van der Waals surface area contributed by atoms with Crippen LogP contribution in [0, 0.1) is 0 Å². The molecule has 0 radical (unpaired) electrons.